The molecule has 4 rings (SSSR count). The molecule has 4 aromatic rings. The van der Waals surface area contributed by atoms with Crippen LogP contribution in [-0.4, -0.2) is 5.11 Å². The zero-order valence-corrected chi connectivity index (χ0v) is 19.6. The SMILES string of the molecule is Cc1ccc(Pc2cc(Cc3ccccc3)ccc2OCc2ccccc2)c(C(C)O)c1. The minimum absolute atomic E-state index is 0.403. The van der Waals surface area contributed by atoms with Crippen LogP contribution in [0.5, 0.6) is 5.75 Å². The summed E-state index contributed by atoms with van der Waals surface area (Å²) >= 11 is 0. The minimum Gasteiger partial charge on any atom is -0.488 e. The Balaban J connectivity index is 1.65. The van der Waals surface area contributed by atoms with Crippen LogP contribution in [0.4, 0.5) is 0 Å². The summed E-state index contributed by atoms with van der Waals surface area (Å²) in [6, 6.07) is 33.6. The first-order valence-corrected chi connectivity index (χ1v) is 12.0. The molecule has 32 heavy (non-hydrogen) atoms. The molecule has 162 valence electrons. The van der Waals surface area contributed by atoms with Crippen molar-refractivity contribution in [2.45, 2.75) is 33.0 Å². The lowest BCUT2D eigenvalue weighted by Crippen LogP contribution is -2.14. The number of hydrogen-bond donors (Lipinski definition) is 1. The lowest BCUT2D eigenvalue weighted by Gasteiger charge is -2.17. The first kappa shape index (κ1) is 22.3. The van der Waals surface area contributed by atoms with Gasteiger partial charge in [0.05, 0.1) is 6.10 Å². The summed E-state index contributed by atoms with van der Waals surface area (Å²) in [6.45, 7) is 4.43. The van der Waals surface area contributed by atoms with Gasteiger partial charge in [-0.2, -0.15) is 0 Å². The fourth-order valence-corrected chi connectivity index (χ4v) is 5.18. The third-order valence-electron chi connectivity index (χ3n) is 5.46. The van der Waals surface area contributed by atoms with E-state index >= 15 is 0 Å². The second-order valence-electron chi connectivity index (χ2n) is 8.16. The van der Waals surface area contributed by atoms with Crippen molar-refractivity contribution in [2.75, 3.05) is 0 Å². The highest BCUT2D eigenvalue weighted by molar-refractivity contribution is 7.55. The van der Waals surface area contributed by atoms with Gasteiger partial charge >= 0.3 is 0 Å². The number of ether oxygens (including phenoxy) is 1. The largest absolute Gasteiger partial charge is 0.488 e. The second kappa shape index (κ2) is 10.6. The highest BCUT2D eigenvalue weighted by atomic mass is 31.1. The Bertz CT molecular complexity index is 1150. The molecule has 2 unspecified atom stereocenters. The molecule has 2 nitrogen and oxygen atoms in total. The van der Waals surface area contributed by atoms with Crippen LogP contribution in [0.3, 0.4) is 0 Å². The summed E-state index contributed by atoms with van der Waals surface area (Å²) in [6.07, 6.45) is 0.382. The molecule has 0 heterocycles. The average Bonchev–Trinajstić information content (AvgIpc) is 2.81. The van der Waals surface area contributed by atoms with Gasteiger partial charge in [0.25, 0.3) is 0 Å². The van der Waals surface area contributed by atoms with Crippen molar-refractivity contribution in [3.05, 3.63) is 125 Å². The summed E-state index contributed by atoms with van der Waals surface area (Å²) in [5, 5.41) is 12.7. The van der Waals surface area contributed by atoms with Crippen molar-refractivity contribution >= 4 is 19.2 Å². The van der Waals surface area contributed by atoms with Crippen LogP contribution in [0, 0.1) is 6.92 Å². The van der Waals surface area contributed by atoms with Crippen LogP contribution < -0.4 is 15.3 Å². The van der Waals surface area contributed by atoms with Crippen molar-refractivity contribution in [3.63, 3.8) is 0 Å². The fraction of sp³-hybridized carbons (Fsp3) is 0.172. The molecule has 4 aromatic carbocycles. The van der Waals surface area contributed by atoms with E-state index in [0.717, 1.165) is 34.2 Å². The summed E-state index contributed by atoms with van der Waals surface area (Å²) in [7, 11) is 0.403. The molecule has 1 N–H and O–H groups in total. The Hall–Kier alpha value is -2.93. The molecule has 0 aliphatic carbocycles. The lowest BCUT2D eigenvalue weighted by atomic mass is 10.1. The van der Waals surface area contributed by atoms with Crippen molar-refractivity contribution in [3.8, 4) is 5.75 Å². The summed E-state index contributed by atoms with van der Waals surface area (Å²) in [5.41, 5.74) is 5.85. The molecule has 2 atom stereocenters. The van der Waals surface area contributed by atoms with Gasteiger partial charge in [0.2, 0.25) is 0 Å². The molecule has 0 aromatic heterocycles. The number of benzene rings is 4. The van der Waals surface area contributed by atoms with Crippen LogP contribution in [0.1, 0.15) is 40.8 Å². The maximum Gasteiger partial charge on any atom is 0.127 e. The van der Waals surface area contributed by atoms with E-state index in [0.29, 0.717) is 15.2 Å². The molecule has 0 spiro atoms. The normalized spacial score (nSPS) is 12.2. The molecule has 0 amide bonds. The molecule has 0 radical (unpaired) electrons. The molecule has 0 fully saturated rings. The van der Waals surface area contributed by atoms with Gasteiger partial charge in [0.15, 0.2) is 0 Å². The zero-order chi connectivity index (χ0) is 22.3. The van der Waals surface area contributed by atoms with Crippen LogP contribution in [-0.2, 0) is 13.0 Å². The maximum atomic E-state index is 10.4. The number of hydrogen-bond acceptors (Lipinski definition) is 2. The van der Waals surface area contributed by atoms with Gasteiger partial charge in [0.1, 0.15) is 12.4 Å². The van der Waals surface area contributed by atoms with Crippen molar-refractivity contribution < 1.29 is 9.84 Å². The Kier molecular flexibility index (Phi) is 7.37. The van der Waals surface area contributed by atoms with Gasteiger partial charge in [-0.05, 0) is 60.0 Å². The lowest BCUT2D eigenvalue weighted by molar-refractivity contribution is 0.200. The van der Waals surface area contributed by atoms with Gasteiger partial charge in [-0.25, -0.2) is 0 Å². The number of aryl methyl sites for hydroxylation is 1. The molecule has 0 aliphatic rings. The van der Waals surface area contributed by atoms with Crippen molar-refractivity contribution in [2.24, 2.45) is 0 Å². The number of aliphatic hydroxyl groups is 1. The highest BCUT2D eigenvalue weighted by Gasteiger charge is 2.13. The smallest absolute Gasteiger partial charge is 0.127 e. The van der Waals surface area contributed by atoms with E-state index in [1.54, 1.807) is 0 Å². The molecular weight excluding hydrogens is 411 g/mol. The van der Waals surface area contributed by atoms with Crippen molar-refractivity contribution in [1.82, 2.24) is 0 Å². The minimum atomic E-state index is -0.501. The van der Waals surface area contributed by atoms with Crippen LogP contribution in [0.15, 0.2) is 97.1 Å². The van der Waals surface area contributed by atoms with Gasteiger partial charge in [-0.1, -0.05) is 99.1 Å². The van der Waals surface area contributed by atoms with Gasteiger partial charge < -0.3 is 9.84 Å². The first-order chi connectivity index (χ1) is 15.6. The molecule has 3 heteroatoms. The van der Waals surface area contributed by atoms with E-state index in [2.05, 4.69) is 79.7 Å². The Morgan fingerprint density at radius 1 is 0.750 bits per heavy atom. The molecule has 0 bridgehead atoms. The molecule has 0 saturated carbocycles. The predicted molar refractivity (Wildman–Crippen MR) is 136 cm³/mol. The zero-order valence-electron chi connectivity index (χ0n) is 18.6. The summed E-state index contributed by atoms with van der Waals surface area (Å²) in [4.78, 5) is 0. The van der Waals surface area contributed by atoms with E-state index in [4.69, 9.17) is 4.74 Å². The second-order valence-corrected chi connectivity index (χ2v) is 9.49. The third-order valence-corrected chi connectivity index (χ3v) is 6.84. The van der Waals surface area contributed by atoms with E-state index in [-0.39, 0.29) is 0 Å². The van der Waals surface area contributed by atoms with Gasteiger partial charge in [0, 0.05) is 5.30 Å². The van der Waals surface area contributed by atoms with E-state index in [1.807, 2.05) is 31.2 Å². The Labute approximate surface area is 192 Å². The maximum absolute atomic E-state index is 10.4. The molecule has 0 aliphatic heterocycles. The Morgan fingerprint density at radius 3 is 2.12 bits per heavy atom. The summed E-state index contributed by atoms with van der Waals surface area (Å²) < 4.78 is 6.27. The average molecular weight is 441 g/mol. The fourth-order valence-electron chi connectivity index (χ4n) is 3.76. The van der Waals surface area contributed by atoms with Crippen LogP contribution in [0.25, 0.3) is 0 Å². The van der Waals surface area contributed by atoms with Crippen LogP contribution >= 0.6 is 8.58 Å². The highest BCUT2D eigenvalue weighted by Crippen LogP contribution is 2.26. The molecule has 0 saturated heterocycles. The van der Waals surface area contributed by atoms with E-state index in [1.165, 1.54) is 16.4 Å². The predicted octanol–water partition coefficient (Wildman–Crippen LogP) is 5.85. The van der Waals surface area contributed by atoms with E-state index < -0.39 is 6.10 Å². The Morgan fingerprint density at radius 2 is 1.44 bits per heavy atom. The van der Waals surface area contributed by atoms with E-state index in [9.17, 15) is 5.11 Å². The monoisotopic (exact) mass is 440 g/mol. The first-order valence-electron chi connectivity index (χ1n) is 11.0. The number of aliphatic hydroxyl groups excluding tert-OH is 1. The van der Waals surface area contributed by atoms with Crippen molar-refractivity contribution in [1.29, 1.82) is 0 Å². The standard InChI is InChI=1S/C29H29O2P/c1-21-13-16-28(26(17-21)22(2)30)32-29-19-25(18-23-9-5-3-6-10-23)14-15-27(29)31-20-24-11-7-4-8-12-24/h3-17,19,22,30,32H,18,20H2,1-2H3. The van der Waals surface area contributed by atoms with Crippen LogP contribution in [0.2, 0.25) is 0 Å². The topological polar surface area (TPSA) is 29.5 Å². The molecular formula is C29H29O2P. The quantitative estimate of drug-likeness (QED) is 0.349. The third kappa shape index (κ3) is 5.85. The van der Waals surface area contributed by atoms with Gasteiger partial charge in [-0.15, -0.1) is 0 Å². The van der Waals surface area contributed by atoms with Gasteiger partial charge in [-0.3, -0.25) is 0 Å². The summed E-state index contributed by atoms with van der Waals surface area (Å²) in [5.74, 6) is 0.904. The number of rotatable bonds is 8.